The number of hydrogen-bond donors (Lipinski definition) is 1. The number of hydrogen-bond acceptors (Lipinski definition) is 3. The Hall–Kier alpha value is -1.26. The van der Waals surface area contributed by atoms with E-state index in [1.54, 1.807) is 4.90 Å². The van der Waals surface area contributed by atoms with E-state index in [-0.39, 0.29) is 24.1 Å². The normalized spacial score (nSPS) is 28.6. The highest BCUT2D eigenvalue weighted by Gasteiger charge is 2.44. The maximum Gasteiger partial charge on any atom is 0.411 e. The topological polar surface area (TPSA) is 58.6 Å². The van der Waals surface area contributed by atoms with Gasteiger partial charge in [0, 0.05) is 12.6 Å². The number of carbonyl (C=O) groups is 2. The van der Waals surface area contributed by atoms with Gasteiger partial charge in [-0.1, -0.05) is 0 Å². The van der Waals surface area contributed by atoms with E-state index in [0.29, 0.717) is 6.54 Å². The summed E-state index contributed by atoms with van der Waals surface area (Å²) in [6.07, 6.45) is 2.11. The minimum absolute atomic E-state index is 0.0455. The first-order chi connectivity index (χ1) is 7.88. The zero-order valence-electron chi connectivity index (χ0n) is 10.7. The Bertz CT molecular complexity index is 335. The third-order valence-corrected chi connectivity index (χ3v) is 3.19. The molecule has 2 unspecified atom stereocenters. The second-order valence-corrected chi connectivity index (χ2v) is 5.71. The van der Waals surface area contributed by atoms with Gasteiger partial charge in [0.05, 0.1) is 0 Å². The van der Waals surface area contributed by atoms with Crippen LogP contribution in [-0.2, 0) is 9.53 Å². The fraction of sp³-hybridized carbons (Fsp3) is 0.833. The monoisotopic (exact) mass is 240 g/mol. The summed E-state index contributed by atoms with van der Waals surface area (Å²) in [4.78, 5) is 25.5. The van der Waals surface area contributed by atoms with Crippen molar-refractivity contribution in [2.75, 3.05) is 6.54 Å². The van der Waals surface area contributed by atoms with E-state index in [0.717, 1.165) is 19.3 Å². The SMILES string of the molecule is CC(C)(C)OC(=O)N1C2CCNC(=O)C1CC2. The van der Waals surface area contributed by atoms with Crippen molar-refractivity contribution in [2.24, 2.45) is 0 Å². The van der Waals surface area contributed by atoms with Crippen LogP contribution in [0.1, 0.15) is 40.0 Å². The fourth-order valence-electron chi connectivity index (χ4n) is 2.49. The third kappa shape index (κ3) is 2.53. The van der Waals surface area contributed by atoms with E-state index in [4.69, 9.17) is 4.74 Å². The van der Waals surface area contributed by atoms with E-state index in [1.165, 1.54) is 0 Å². The number of carbonyl (C=O) groups excluding carboxylic acids is 2. The zero-order chi connectivity index (χ0) is 12.6. The van der Waals surface area contributed by atoms with Crippen molar-refractivity contribution >= 4 is 12.0 Å². The number of nitrogens with zero attached hydrogens (tertiary/aromatic N) is 1. The molecular weight excluding hydrogens is 220 g/mol. The molecule has 96 valence electrons. The highest BCUT2D eigenvalue weighted by atomic mass is 16.6. The predicted molar refractivity (Wildman–Crippen MR) is 62.5 cm³/mol. The number of fused-ring (bicyclic) bond motifs is 2. The Labute approximate surface area is 101 Å². The van der Waals surface area contributed by atoms with Crippen molar-refractivity contribution < 1.29 is 14.3 Å². The molecule has 2 rings (SSSR count). The minimum atomic E-state index is -0.515. The van der Waals surface area contributed by atoms with Crippen LogP contribution >= 0.6 is 0 Å². The summed E-state index contributed by atoms with van der Waals surface area (Å²) >= 11 is 0. The molecule has 2 aliphatic rings. The minimum Gasteiger partial charge on any atom is -0.444 e. The maximum atomic E-state index is 12.1. The number of amides is 2. The van der Waals surface area contributed by atoms with E-state index >= 15 is 0 Å². The van der Waals surface area contributed by atoms with Gasteiger partial charge in [0.2, 0.25) is 5.91 Å². The molecular formula is C12H20N2O3. The molecule has 2 amide bonds. The summed E-state index contributed by atoms with van der Waals surface area (Å²) in [7, 11) is 0. The Kier molecular flexibility index (Phi) is 3.02. The Morgan fingerprint density at radius 3 is 2.71 bits per heavy atom. The first-order valence-corrected chi connectivity index (χ1v) is 6.17. The van der Waals surface area contributed by atoms with Gasteiger partial charge < -0.3 is 10.1 Å². The lowest BCUT2D eigenvalue weighted by Gasteiger charge is -2.30. The second kappa shape index (κ2) is 4.20. The highest BCUT2D eigenvalue weighted by molar-refractivity contribution is 5.87. The van der Waals surface area contributed by atoms with Crippen LogP contribution in [0.25, 0.3) is 0 Å². The summed E-state index contributed by atoms with van der Waals surface area (Å²) in [6.45, 7) is 6.17. The Balaban J connectivity index is 2.13. The lowest BCUT2D eigenvalue weighted by atomic mass is 10.1. The second-order valence-electron chi connectivity index (χ2n) is 5.71. The van der Waals surface area contributed by atoms with Crippen LogP contribution in [0.5, 0.6) is 0 Å². The molecule has 2 saturated heterocycles. The average Bonchev–Trinajstić information content (AvgIpc) is 2.50. The zero-order valence-corrected chi connectivity index (χ0v) is 10.7. The van der Waals surface area contributed by atoms with Gasteiger partial charge in [-0.2, -0.15) is 0 Å². The Morgan fingerprint density at radius 1 is 1.35 bits per heavy atom. The van der Waals surface area contributed by atoms with E-state index in [2.05, 4.69) is 5.32 Å². The smallest absolute Gasteiger partial charge is 0.411 e. The number of nitrogens with one attached hydrogen (secondary N) is 1. The van der Waals surface area contributed by atoms with Gasteiger partial charge >= 0.3 is 6.09 Å². The van der Waals surface area contributed by atoms with Crippen molar-refractivity contribution in [3.63, 3.8) is 0 Å². The lowest BCUT2D eigenvalue weighted by molar-refractivity contribution is -0.125. The molecule has 5 heteroatoms. The maximum absolute atomic E-state index is 12.1. The molecule has 2 bridgehead atoms. The third-order valence-electron chi connectivity index (χ3n) is 3.19. The van der Waals surface area contributed by atoms with Gasteiger partial charge in [-0.3, -0.25) is 9.69 Å². The first-order valence-electron chi connectivity index (χ1n) is 6.17. The van der Waals surface area contributed by atoms with Crippen LogP contribution in [0.2, 0.25) is 0 Å². The predicted octanol–water partition coefficient (Wildman–Crippen LogP) is 1.27. The quantitative estimate of drug-likeness (QED) is 0.693. The largest absolute Gasteiger partial charge is 0.444 e. The van der Waals surface area contributed by atoms with Gasteiger partial charge in [0.15, 0.2) is 0 Å². The van der Waals surface area contributed by atoms with Crippen molar-refractivity contribution in [3.8, 4) is 0 Å². The van der Waals surface area contributed by atoms with Crippen LogP contribution < -0.4 is 5.32 Å². The van der Waals surface area contributed by atoms with Crippen LogP contribution in [0, 0.1) is 0 Å². The van der Waals surface area contributed by atoms with Gasteiger partial charge in [0.1, 0.15) is 11.6 Å². The lowest BCUT2D eigenvalue weighted by Crippen LogP contribution is -2.47. The molecule has 5 nitrogen and oxygen atoms in total. The highest BCUT2D eigenvalue weighted by Crippen LogP contribution is 2.30. The summed E-state index contributed by atoms with van der Waals surface area (Å²) < 4.78 is 5.37. The van der Waals surface area contributed by atoms with Gasteiger partial charge in [0.25, 0.3) is 0 Å². The molecule has 2 heterocycles. The van der Waals surface area contributed by atoms with Crippen LogP contribution in [-0.4, -0.2) is 41.1 Å². The molecule has 0 aromatic rings. The molecule has 0 spiro atoms. The first kappa shape index (κ1) is 12.2. The molecule has 0 radical (unpaired) electrons. The van der Waals surface area contributed by atoms with Crippen molar-refractivity contribution in [3.05, 3.63) is 0 Å². The molecule has 0 aliphatic carbocycles. The van der Waals surface area contributed by atoms with Crippen molar-refractivity contribution in [2.45, 2.75) is 57.7 Å². The molecule has 0 aromatic heterocycles. The van der Waals surface area contributed by atoms with Crippen LogP contribution in [0.3, 0.4) is 0 Å². The molecule has 0 saturated carbocycles. The van der Waals surface area contributed by atoms with E-state index < -0.39 is 5.60 Å². The van der Waals surface area contributed by atoms with Crippen molar-refractivity contribution in [1.82, 2.24) is 10.2 Å². The number of ether oxygens (including phenoxy) is 1. The van der Waals surface area contributed by atoms with Gasteiger partial charge in [-0.25, -0.2) is 4.79 Å². The number of rotatable bonds is 0. The van der Waals surface area contributed by atoms with Crippen LogP contribution in [0.15, 0.2) is 0 Å². The van der Waals surface area contributed by atoms with Crippen molar-refractivity contribution in [1.29, 1.82) is 0 Å². The van der Waals surface area contributed by atoms with Gasteiger partial charge in [-0.15, -0.1) is 0 Å². The molecule has 17 heavy (non-hydrogen) atoms. The summed E-state index contributed by atoms with van der Waals surface area (Å²) in [5, 5.41) is 2.84. The van der Waals surface area contributed by atoms with Gasteiger partial charge in [-0.05, 0) is 40.0 Å². The standard InChI is InChI=1S/C12H20N2O3/c1-12(2,3)17-11(16)14-8-4-5-9(14)10(15)13-7-6-8/h8-9H,4-7H2,1-3H3,(H,13,15). The molecule has 2 atom stereocenters. The Morgan fingerprint density at radius 2 is 2.06 bits per heavy atom. The fourth-order valence-corrected chi connectivity index (χ4v) is 2.49. The summed E-state index contributed by atoms with van der Waals surface area (Å²) in [5.41, 5.74) is -0.515. The van der Waals surface area contributed by atoms with Crippen LogP contribution in [0.4, 0.5) is 4.79 Å². The van der Waals surface area contributed by atoms with E-state index in [1.807, 2.05) is 20.8 Å². The molecule has 0 aromatic carbocycles. The van der Waals surface area contributed by atoms with E-state index in [9.17, 15) is 9.59 Å². The molecule has 1 N–H and O–H groups in total. The molecule has 2 aliphatic heterocycles. The summed E-state index contributed by atoms with van der Waals surface area (Å²) in [6, 6.07) is -0.189. The summed E-state index contributed by atoms with van der Waals surface area (Å²) in [5.74, 6) is -0.0455. The molecule has 2 fully saturated rings. The average molecular weight is 240 g/mol.